The molecule has 0 saturated carbocycles. The van der Waals surface area contributed by atoms with Gasteiger partial charge >= 0.3 is 0 Å². The minimum atomic E-state index is -0.276. The number of rotatable bonds is 6. The molecule has 0 aliphatic heterocycles. The number of nitrogens with zero attached hydrogens (tertiary/aromatic N) is 2. The molecule has 0 fully saturated rings. The van der Waals surface area contributed by atoms with E-state index in [4.69, 9.17) is 16.3 Å². The van der Waals surface area contributed by atoms with Gasteiger partial charge in [0.05, 0.1) is 12.8 Å². The van der Waals surface area contributed by atoms with E-state index in [2.05, 4.69) is 20.6 Å². The van der Waals surface area contributed by atoms with E-state index in [0.29, 0.717) is 23.0 Å². The lowest BCUT2D eigenvalue weighted by molar-refractivity contribution is 0.0946. The summed E-state index contributed by atoms with van der Waals surface area (Å²) in [5.74, 6) is 0.596. The van der Waals surface area contributed by atoms with Gasteiger partial charge in [0.2, 0.25) is 5.95 Å². The Bertz CT molecular complexity index is 962. The van der Waals surface area contributed by atoms with Crippen molar-refractivity contribution in [2.24, 2.45) is 0 Å². The largest absolute Gasteiger partial charge is 0.495 e. The molecule has 1 aromatic heterocycles. The molecule has 0 radical (unpaired) electrons. The highest BCUT2D eigenvalue weighted by molar-refractivity contribution is 6.31. The van der Waals surface area contributed by atoms with Crippen LogP contribution in [-0.2, 0) is 6.54 Å². The number of benzene rings is 2. The van der Waals surface area contributed by atoms with Crippen LogP contribution in [-0.4, -0.2) is 23.0 Å². The van der Waals surface area contributed by atoms with Crippen LogP contribution in [0.5, 0.6) is 5.75 Å². The van der Waals surface area contributed by atoms with Crippen molar-refractivity contribution in [3.63, 3.8) is 0 Å². The van der Waals surface area contributed by atoms with Crippen LogP contribution in [0, 0.1) is 6.92 Å². The molecular weight excluding hydrogens is 364 g/mol. The van der Waals surface area contributed by atoms with E-state index in [1.165, 1.54) is 6.20 Å². The van der Waals surface area contributed by atoms with Gasteiger partial charge in [-0.2, -0.15) is 0 Å². The first-order chi connectivity index (χ1) is 13.1. The normalized spacial score (nSPS) is 10.3. The number of ether oxygens (including phenoxy) is 1. The van der Waals surface area contributed by atoms with Crippen LogP contribution in [0.3, 0.4) is 0 Å². The molecule has 1 heterocycles. The van der Waals surface area contributed by atoms with Crippen molar-refractivity contribution in [3.05, 3.63) is 76.6 Å². The lowest BCUT2D eigenvalue weighted by Gasteiger charge is -2.11. The van der Waals surface area contributed by atoms with Crippen molar-refractivity contribution in [1.82, 2.24) is 15.3 Å². The second-order valence-electron chi connectivity index (χ2n) is 5.84. The Morgan fingerprint density at radius 2 is 2.00 bits per heavy atom. The van der Waals surface area contributed by atoms with Crippen LogP contribution >= 0.6 is 11.6 Å². The van der Waals surface area contributed by atoms with E-state index in [9.17, 15) is 4.79 Å². The molecule has 3 rings (SSSR count). The molecule has 2 N–H and O–H groups in total. The first-order valence-corrected chi connectivity index (χ1v) is 8.71. The first kappa shape index (κ1) is 18.7. The number of hydrogen-bond donors (Lipinski definition) is 2. The van der Waals surface area contributed by atoms with E-state index < -0.39 is 0 Å². The van der Waals surface area contributed by atoms with E-state index in [0.717, 1.165) is 11.1 Å². The maximum atomic E-state index is 12.4. The third-order valence-corrected chi connectivity index (χ3v) is 4.23. The number of carbonyl (C=O) groups is 1. The molecule has 7 heteroatoms. The van der Waals surface area contributed by atoms with E-state index >= 15 is 0 Å². The first-order valence-electron chi connectivity index (χ1n) is 8.33. The number of aromatic nitrogens is 2. The minimum Gasteiger partial charge on any atom is -0.495 e. The van der Waals surface area contributed by atoms with Gasteiger partial charge in [-0.15, -0.1) is 0 Å². The summed E-state index contributed by atoms with van der Waals surface area (Å²) in [6.07, 6.45) is 1.52. The Hall–Kier alpha value is -3.12. The van der Waals surface area contributed by atoms with E-state index in [-0.39, 0.29) is 17.5 Å². The Morgan fingerprint density at radius 3 is 2.78 bits per heavy atom. The van der Waals surface area contributed by atoms with Gasteiger partial charge in [-0.1, -0.05) is 35.9 Å². The molecule has 0 atom stereocenters. The maximum Gasteiger partial charge on any atom is 0.270 e. The van der Waals surface area contributed by atoms with Crippen LogP contribution in [0.1, 0.15) is 21.6 Å². The Balaban J connectivity index is 1.73. The predicted molar refractivity (Wildman–Crippen MR) is 106 cm³/mol. The van der Waals surface area contributed by atoms with Crippen LogP contribution in [0.2, 0.25) is 5.02 Å². The van der Waals surface area contributed by atoms with Gasteiger partial charge in [0.25, 0.3) is 5.91 Å². The third-order valence-electron chi connectivity index (χ3n) is 4.00. The van der Waals surface area contributed by atoms with Gasteiger partial charge in [0.15, 0.2) is 0 Å². The summed E-state index contributed by atoms with van der Waals surface area (Å²) in [5, 5.41) is 6.45. The fourth-order valence-electron chi connectivity index (χ4n) is 2.52. The summed E-state index contributed by atoms with van der Waals surface area (Å²) in [6.45, 7) is 2.44. The molecule has 3 aromatic rings. The topological polar surface area (TPSA) is 76.1 Å². The summed E-state index contributed by atoms with van der Waals surface area (Å²) in [7, 11) is 1.56. The minimum absolute atomic E-state index is 0.266. The fraction of sp³-hybridized carbons (Fsp3) is 0.150. The van der Waals surface area contributed by atoms with Crippen molar-refractivity contribution < 1.29 is 9.53 Å². The van der Waals surface area contributed by atoms with Crippen molar-refractivity contribution in [2.75, 3.05) is 12.4 Å². The number of carbonyl (C=O) groups excluding carboxylic acids is 1. The van der Waals surface area contributed by atoms with E-state index in [1.807, 2.05) is 31.2 Å². The quantitative estimate of drug-likeness (QED) is 0.670. The number of methoxy groups -OCH3 is 1. The summed E-state index contributed by atoms with van der Waals surface area (Å²) in [5.41, 5.74) is 3.06. The van der Waals surface area contributed by atoms with Crippen molar-refractivity contribution in [3.8, 4) is 5.75 Å². The second kappa shape index (κ2) is 8.51. The third kappa shape index (κ3) is 4.74. The lowest BCUT2D eigenvalue weighted by atomic mass is 10.1. The lowest BCUT2D eigenvalue weighted by Crippen LogP contribution is -2.24. The number of hydrogen-bond acceptors (Lipinski definition) is 5. The highest BCUT2D eigenvalue weighted by Gasteiger charge is 2.11. The average Bonchev–Trinajstić information content (AvgIpc) is 2.67. The number of nitrogens with one attached hydrogen (secondary N) is 2. The number of amides is 1. The van der Waals surface area contributed by atoms with Gasteiger partial charge in [-0.25, -0.2) is 9.97 Å². The smallest absolute Gasteiger partial charge is 0.270 e. The summed E-state index contributed by atoms with van der Waals surface area (Å²) < 4.78 is 5.29. The summed E-state index contributed by atoms with van der Waals surface area (Å²) >= 11 is 6.03. The molecule has 0 unspecified atom stereocenters. The van der Waals surface area contributed by atoms with Crippen LogP contribution < -0.4 is 15.4 Å². The average molecular weight is 383 g/mol. The molecule has 1 amide bonds. The maximum absolute atomic E-state index is 12.4. The van der Waals surface area contributed by atoms with Gasteiger partial charge in [-0.05, 0) is 42.3 Å². The molecule has 0 aliphatic carbocycles. The Morgan fingerprint density at radius 1 is 1.19 bits per heavy atom. The molecule has 0 aliphatic rings. The number of aryl methyl sites for hydroxylation is 1. The fourth-order valence-corrected chi connectivity index (χ4v) is 2.69. The highest BCUT2D eigenvalue weighted by Crippen LogP contribution is 2.29. The van der Waals surface area contributed by atoms with Gasteiger partial charge in [0, 0.05) is 17.8 Å². The van der Waals surface area contributed by atoms with Crippen LogP contribution in [0.15, 0.2) is 54.7 Å². The van der Waals surface area contributed by atoms with Crippen molar-refractivity contribution >= 4 is 29.1 Å². The second-order valence-corrected chi connectivity index (χ2v) is 6.28. The van der Waals surface area contributed by atoms with Crippen molar-refractivity contribution in [2.45, 2.75) is 13.5 Å². The highest BCUT2D eigenvalue weighted by atomic mass is 35.5. The van der Waals surface area contributed by atoms with Gasteiger partial charge in [-0.3, -0.25) is 4.79 Å². The predicted octanol–water partition coefficient (Wildman–Crippen LogP) is 4.12. The number of anilines is 2. The van der Waals surface area contributed by atoms with Crippen LogP contribution in [0.4, 0.5) is 11.6 Å². The van der Waals surface area contributed by atoms with Crippen molar-refractivity contribution in [1.29, 1.82) is 0 Å². The van der Waals surface area contributed by atoms with Crippen LogP contribution in [0.25, 0.3) is 0 Å². The monoisotopic (exact) mass is 382 g/mol. The molecule has 138 valence electrons. The summed E-state index contributed by atoms with van der Waals surface area (Å²) in [4.78, 5) is 20.9. The summed E-state index contributed by atoms with van der Waals surface area (Å²) in [6, 6.07) is 14.6. The molecule has 0 saturated heterocycles. The zero-order valence-electron chi connectivity index (χ0n) is 15.0. The molecule has 6 nitrogen and oxygen atoms in total. The number of halogens is 1. The Labute approximate surface area is 162 Å². The Kier molecular flexibility index (Phi) is 5.88. The molecule has 0 spiro atoms. The molecule has 27 heavy (non-hydrogen) atoms. The van der Waals surface area contributed by atoms with E-state index in [1.54, 1.807) is 31.4 Å². The zero-order valence-corrected chi connectivity index (χ0v) is 15.7. The zero-order chi connectivity index (χ0) is 19.2. The van der Waals surface area contributed by atoms with Gasteiger partial charge in [0.1, 0.15) is 11.4 Å². The van der Waals surface area contributed by atoms with Gasteiger partial charge < -0.3 is 15.4 Å². The standard InChI is InChI=1S/C20H19ClN4O2/c1-13-5-3-4-6-14(13)12-23-19(26)16-9-10-22-20(24-16)25-17-11-15(21)7-8-18(17)27-2/h3-11H,12H2,1-2H3,(H,23,26)(H,22,24,25). The SMILES string of the molecule is COc1ccc(Cl)cc1Nc1nccc(C(=O)NCc2ccccc2C)n1. The molecular formula is C20H19ClN4O2. The molecule has 0 bridgehead atoms. The molecule has 2 aromatic carbocycles.